The smallest absolute Gasteiger partial charge is 0.269 e. The molecule has 0 spiro atoms. The molecule has 1 aromatic carbocycles. The number of hydrogen-bond donors (Lipinski definition) is 1. The Kier molecular flexibility index (Phi) is 3.84. The minimum absolute atomic E-state index is 0.0525. The monoisotopic (exact) mass is 339 g/mol. The highest BCUT2D eigenvalue weighted by Crippen LogP contribution is 2.48. The highest BCUT2D eigenvalue weighted by Gasteiger charge is 2.43. The molecule has 3 rings (SSSR count). The van der Waals surface area contributed by atoms with Gasteiger partial charge in [0.1, 0.15) is 17.4 Å². The molecule has 1 aromatic rings. The van der Waals surface area contributed by atoms with Gasteiger partial charge < -0.3 is 10.5 Å². The Hall–Kier alpha value is -3.14. The van der Waals surface area contributed by atoms with Crippen molar-refractivity contribution >= 4 is 11.5 Å². The van der Waals surface area contributed by atoms with Gasteiger partial charge in [-0.1, -0.05) is 26.0 Å². The molecule has 128 valence electrons. The molecule has 0 saturated heterocycles. The van der Waals surface area contributed by atoms with E-state index < -0.39 is 10.8 Å². The van der Waals surface area contributed by atoms with Crippen LogP contribution in [0.5, 0.6) is 0 Å². The molecule has 2 N–H and O–H groups in total. The van der Waals surface area contributed by atoms with E-state index in [1.807, 2.05) is 19.9 Å². The fraction of sp³-hybridized carbons (Fsp3) is 0.333. The molecule has 1 heterocycles. The predicted molar refractivity (Wildman–Crippen MR) is 88.8 cm³/mol. The van der Waals surface area contributed by atoms with Gasteiger partial charge in [0.25, 0.3) is 5.69 Å². The van der Waals surface area contributed by atoms with Crippen LogP contribution in [0.15, 0.2) is 47.1 Å². The van der Waals surface area contributed by atoms with Gasteiger partial charge >= 0.3 is 0 Å². The summed E-state index contributed by atoms with van der Waals surface area (Å²) in [6.45, 7) is 3.92. The molecule has 1 aliphatic heterocycles. The number of hydrogen-bond acceptors (Lipinski definition) is 6. The number of ether oxygens (including phenoxy) is 1. The average molecular weight is 339 g/mol. The zero-order valence-electron chi connectivity index (χ0n) is 13.9. The summed E-state index contributed by atoms with van der Waals surface area (Å²) in [6.07, 6.45) is 0.831. The highest BCUT2D eigenvalue weighted by molar-refractivity contribution is 6.00. The molecule has 0 amide bonds. The Balaban J connectivity index is 2.20. The fourth-order valence-corrected chi connectivity index (χ4v) is 3.44. The Labute approximate surface area is 144 Å². The minimum atomic E-state index is -0.739. The van der Waals surface area contributed by atoms with Crippen molar-refractivity contribution in [3.05, 3.63) is 62.7 Å². The topological polar surface area (TPSA) is 119 Å². The van der Waals surface area contributed by atoms with Crippen LogP contribution in [0.4, 0.5) is 5.69 Å². The maximum atomic E-state index is 12.8. The van der Waals surface area contributed by atoms with Crippen molar-refractivity contribution in [1.82, 2.24) is 0 Å². The molecule has 0 aromatic heterocycles. The summed E-state index contributed by atoms with van der Waals surface area (Å²) in [5, 5.41) is 20.6. The van der Waals surface area contributed by atoms with Gasteiger partial charge in [-0.15, -0.1) is 0 Å². The molecule has 7 nitrogen and oxygen atoms in total. The van der Waals surface area contributed by atoms with Gasteiger partial charge in [0, 0.05) is 30.5 Å². The third kappa shape index (κ3) is 2.87. The van der Waals surface area contributed by atoms with E-state index in [0.29, 0.717) is 29.7 Å². The quantitative estimate of drug-likeness (QED) is 0.653. The number of carbonyl (C=O) groups is 1. The molecule has 1 aliphatic carbocycles. The molecular weight excluding hydrogens is 322 g/mol. The summed E-state index contributed by atoms with van der Waals surface area (Å²) >= 11 is 0. The molecule has 0 saturated carbocycles. The van der Waals surface area contributed by atoms with Crippen molar-refractivity contribution in [3.8, 4) is 6.07 Å². The van der Waals surface area contributed by atoms with Crippen molar-refractivity contribution in [2.45, 2.75) is 32.6 Å². The number of non-ortho nitro benzene ring substituents is 1. The SMILES string of the molecule is CC1(C)CC(=O)C2=C(C1)OC(N)=C(C#N)[C@@H]2c1cccc([N+](=O)[O-])c1. The van der Waals surface area contributed by atoms with Crippen molar-refractivity contribution in [2.24, 2.45) is 11.1 Å². The highest BCUT2D eigenvalue weighted by atomic mass is 16.6. The number of carbonyl (C=O) groups excluding carboxylic acids is 1. The van der Waals surface area contributed by atoms with Gasteiger partial charge in [-0.25, -0.2) is 0 Å². The zero-order chi connectivity index (χ0) is 18.4. The van der Waals surface area contributed by atoms with E-state index in [-0.39, 0.29) is 28.3 Å². The number of nitro groups is 1. The van der Waals surface area contributed by atoms with Gasteiger partial charge in [0.15, 0.2) is 5.78 Å². The first-order valence-corrected chi connectivity index (χ1v) is 7.82. The van der Waals surface area contributed by atoms with Crippen LogP contribution in [0.1, 0.15) is 38.2 Å². The number of nitro benzene ring substituents is 1. The standard InChI is InChI=1S/C18H17N3O4/c1-18(2)7-13(22)16-14(8-18)25-17(20)12(9-19)15(16)10-4-3-5-11(6-10)21(23)24/h3-6,15H,7-8,20H2,1-2H3/t15-/m0/s1. The number of nitrogens with zero attached hydrogens (tertiary/aromatic N) is 2. The lowest BCUT2D eigenvalue weighted by Gasteiger charge is -2.37. The second-order valence-electron chi connectivity index (χ2n) is 7.05. The number of allylic oxidation sites excluding steroid dienone is 3. The maximum Gasteiger partial charge on any atom is 0.269 e. The first-order valence-electron chi connectivity index (χ1n) is 7.82. The van der Waals surface area contributed by atoms with Crippen LogP contribution in [-0.2, 0) is 9.53 Å². The van der Waals surface area contributed by atoms with E-state index in [1.54, 1.807) is 6.07 Å². The lowest BCUT2D eigenvalue weighted by Crippen LogP contribution is -2.33. The van der Waals surface area contributed by atoms with E-state index in [4.69, 9.17) is 10.5 Å². The van der Waals surface area contributed by atoms with Crippen LogP contribution in [0, 0.1) is 26.9 Å². The number of nitrogens with two attached hydrogens (primary N) is 1. The first-order chi connectivity index (χ1) is 11.7. The second-order valence-corrected chi connectivity index (χ2v) is 7.05. The van der Waals surface area contributed by atoms with Crippen LogP contribution in [0.3, 0.4) is 0 Å². The molecule has 7 heteroatoms. The second kappa shape index (κ2) is 5.74. The molecule has 0 fully saturated rings. The van der Waals surface area contributed by atoms with Gasteiger partial charge in [-0.2, -0.15) is 5.26 Å². The Morgan fingerprint density at radius 1 is 1.40 bits per heavy atom. The predicted octanol–water partition coefficient (Wildman–Crippen LogP) is 3.05. The molecule has 0 radical (unpaired) electrons. The first kappa shape index (κ1) is 16.7. The molecule has 25 heavy (non-hydrogen) atoms. The average Bonchev–Trinajstić information content (AvgIpc) is 2.52. The van der Waals surface area contributed by atoms with Gasteiger partial charge in [-0.05, 0) is 11.0 Å². The molecule has 2 aliphatic rings. The summed E-state index contributed by atoms with van der Waals surface area (Å²) in [4.78, 5) is 23.3. The molecular formula is C18H17N3O4. The normalized spacial score (nSPS) is 22.1. The molecule has 0 unspecified atom stereocenters. The summed E-state index contributed by atoms with van der Waals surface area (Å²) in [6, 6.07) is 7.93. The summed E-state index contributed by atoms with van der Waals surface area (Å²) < 4.78 is 5.59. The third-order valence-electron chi connectivity index (χ3n) is 4.49. The van der Waals surface area contributed by atoms with Crippen LogP contribution >= 0.6 is 0 Å². The van der Waals surface area contributed by atoms with E-state index in [0.717, 1.165) is 0 Å². The number of Topliss-reactive ketones (excluding diaryl/α,β-unsaturated/α-hetero) is 1. The Morgan fingerprint density at radius 3 is 2.76 bits per heavy atom. The van der Waals surface area contributed by atoms with E-state index in [1.165, 1.54) is 18.2 Å². The van der Waals surface area contributed by atoms with Gasteiger partial charge in [-0.3, -0.25) is 14.9 Å². The molecule has 0 bridgehead atoms. The summed E-state index contributed by atoms with van der Waals surface area (Å²) in [5.41, 5.74) is 6.50. The van der Waals surface area contributed by atoms with E-state index in [2.05, 4.69) is 0 Å². The van der Waals surface area contributed by atoms with Crippen molar-refractivity contribution in [1.29, 1.82) is 5.26 Å². The minimum Gasteiger partial charge on any atom is -0.444 e. The lowest BCUT2D eigenvalue weighted by atomic mass is 9.70. The van der Waals surface area contributed by atoms with Crippen molar-refractivity contribution in [3.63, 3.8) is 0 Å². The van der Waals surface area contributed by atoms with Crippen LogP contribution in [0.2, 0.25) is 0 Å². The van der Waals surface area contributed by atoms with Crippen molar-refractivity contribution < 1.29 is 14.5 Å². The van der Waals surface area contributed by atoms with Crippen LogP contribution in [-0.4, -0.2) is 10.7 Å². The largest absolute Gasteiger partial charge is 0.444 e. The number of nitriles is 1. The summed E-state index contributed by atoms with van der Waals surface area (Å²) in [7, 11) is 0. The third-order valence-corrected chi connectivity index (χ3v) is 4.49. The zero-order valence-corrected chi connectivity index (χ0v) is 13.9. The Bertz CT molecular complexity index is 890. The Morgan fingerprint density at radius 2 is 2.12 bits per heavy atom. The van der Waals surface area contributed by atoms with E-state index in [9.17, 15) is 20.2 Å². The molecule has 1 atom stereocenters. The lowest BCUT2D eigenvalue weighted by molar-refractivity contribution is -0.384. The fourth-order valence-electron chi connectivity index (χ4n) is 3.44. The number of rotatable bonds is 2. The number of benzene rings is 1. The number of ketones is 1. The van der Waals surface area contributed by atoms with E-state index >= 15 is 0 Å². The van der Waals surface area contributed by atoms with Gasteiger partial charge in [0.2, 0.25) is 5.88 Å². The van der Waals surface area contributed by atoms with Gasteiger partial charge in [0.05, 0.1) is 10.8 Å². The maximum absolute atomic E-state index is 12.8. The summed E-state index contributed by atoms with van der Waals surface area (Å²) in [5.74, 6) is -0.460. The van der Waals surface area contributed by atoms with Crippen LogP contribution < -0.4 is 5.73 Å². The van der Waals surface area contributed by atoms with Crippen LogP contribution in [0.25, 0.3) is 0 Å². The van der Waals surface area contributed by atoms with Crippen molar-refractivity contribution in [2.75, 3.05) is 0 Å².